The molecule has 0 atom stereocenters. The van der Waals surface area contributed by atoms with E-state index in [2.05, 4.69) is 0 Å². The molecular formula is C13H13NO3S. The highest BCUT2D eigenvalue weighted by atomic mass is 32.2. The maximum atomic E-state index is 11.9. The van der Waals surface area contributed by atoms with Crippen LogP contribution in [0.25, 0.3) is 6.08 Å². The lowest BCUT2D eigenvalue weighted by atomic mass is 10.2. The normalized spacial score (nSPS) is 17.7. The fourth-order valence-electron chi connectivity index (χ4n) is 1.70. The summed E-state index contributed by atoms with van der Waals surface area (Å²) in [7, 11) is 1.57. The smallest absolute Gasteiger partial charge is 0.293 e. The van der Waals surface area contributed by atoms with Gasteiger partial charge in [0.1, 0.15) is 5.75 Å². The molecule has 94 valence electrons. The molecule has 0 aromatic heterocycles. The molecular weight excluding hydrogens is 250 g/mol. The summed E-state index contributed by atoms with van der Waals surface area (Å²) in [6.45, 7) is 2.18. The Hall–Kier alpha value is -1.75. The van der Waals surface area contributed by atoms with Crippen LogP contribution >= 0.6 is 11.8 Å². The first kappa shape index (κ1) is 12.7. The molecule has 0 aliphatic carbocycles. The van der Waals surface area contributed by atoms with Crippen molar-refractivity contribution in [2.24, 2.45) is 0 Å². The molecule has 1 aromatic rings. The van der Waals surface area contributed by atoms with Crippen molar-refractivity contribution < 1.29 is 14.3 Å². The zero-order chi connectivity index (χ0) is 13.1. The summed E-state index contributed by atoms with van der Waals surface area (Å²) in [4.78, 5) is 25.2. The first-order valence-electron chi connectivity index (χ1n) is 5.55. The summed E-state index contributed by atoms with van der Waals surface area (Å²) in [5, 5.41) is -0.219. The number of nitrogens with zero attached hydrogens (tertiary/aromatic N) is 1. The molecule has 1 aliphatic rings. The summed E-state index contributed by atoms with van der Waals surface area (Å²) in [6.07, 6.45) is 1.69. The largest absolute Gasteiger partial charge is 0.496 e. The lowest BCUT2D eigenvalue weighted by Gasteiger charge is -2.07. The Bertz CT molecular complexity index is 525. The third-order valence-electron chi connectivity index (χ3n) is 2.62. The molecule has 5 heteroatoms. The van der Waals surface area contributed by atoms with Crippen LogP contribution < -0.4 is 4.74 Å². The molecule has 0 spiro atoms. The van der Waals surface area contributed by atoms with Crippen LogP contribution in [0.2, 0.25) is 0 Å². The van der Waals surface area contributed by atoms with E-state index in [0.717, 1.165) is 17.3 Å². The molecule has 1 fully saturated rings. The van der Waals surface area contributed by atoms with Crippen LogP contribution in [0.1, 0.15) is 12.5 Å². The van der Waals surface area contributed by atoms with E-state index in [1.54, 1.807) is 20.1 Å². The summed E-state index contributed by atoms with van der Waals surface area (Å²) in [6, 6.07) is 7.38. The van der Waals surface area contributed by atoms with E-state index in [4.69, 9.17) is 4.74 Å². The minimum Gasteiger partial charge on any atom is -0.496 e. The summed E-state index contributed by atoms with van der Waals surface area (Å²) in [5.74, 6) is 0.444. The van der Waals surface area contributed by atoms with Gasteiger partial charge in [0.2, 0.25) is 0 Å². The van der Waals surface area contributed by atoms with E-state index in [1.165, 1.54) is 4.90 Å². The van der Waals surface area contributed by atoms with Gasteiger partial charge in [-0.1, -0.05) is 18.2 Å². The number of carbonyl (C=O) groups is 2. The number of amides is 2. The molecule has 1 heterocycles. The number of para-hydroxylation sites is 1. The molecule has 1 saturated heterocycles. The Morgan fingerprint density at radius 1 is 1.33 bits per heavy atom. The molecule has 0 saturated carbocycles. The van der Waals surface area contributed by atoms with Crippen LogP contribution in [0.3, 0.4) is 0 Å². The predicted molar refractivity (Wildman–Crippen MR) is 71.3 cm³/mol. The highest BCUT2D eigenvalue weighted by molar-refractivity contribution is 8.18. The first-order valence-corrected chi connectivity index (χ1v) is 6.37. The standard InChI is InChI=1S/C13H13NO3S/c1-3-14-12(15)11(18-13(14)16)8-9-6-4-5-7-10(9)17-2/h4-8H,3H2,1-2H3/b11-8-. The Balaban J connectivity index is 2.35. The van der Waals surface area contributed by atoms with E-state index < -0.39 is 0 Å². The number of benzene rings is 1. The van der Waals surface area contributed by atoms with E-state index in [-0.39, 0.29) is 11.1 Å². The Kier molecular flexibility index (Phi) is 3.72. The number of hydrogen-bond donors (Lipinski definition) is 0. The second kappa shape index (κ2) is 5.27. The zero-order valence-electron chi connectivity index (χ0n) is 10.2. The third kappa shape index (κ3) is 2.26. The number of ether oxygens (including phenoxy) is 1. The van der Waals surface area contributed by atoms with Gasteiger partial charge in [-0.2, -0.15) is 0 Å². The second-order valence-electron chi connectivity index (χ2n) is 3.67. The Morgan fingerprint density at radius 2 is 2.06 bits per heavy atom. The molecule has 2 rings (SSSR count). The van der Waals surface area contributed by atoms with Crippen LogP contribution in [-0.4, -0.2) is 29.7 Å². The molecule has 0 unspecified atom stereocenters. The van der Waals surface area contributed by atoms with Crippen molar-refractivity contribution in [3.05, 3.63) is 34.7 Å². The highest BCUT2D eigenvalue weighted by Gasteiger charge is 2.33. The number of methoxy groups -OCH3 is 1. The Labute approximate surface area is 110 Å². The predicted octanol–water partition coefficient (Wildman–Crippen LogP) is 2.75. The fraction of sp³-hybridized carbons (Fsp3) is 0.231. The van der Waals surface area contributed by atoms with Crippen LogP contribution in [-0.2, 0) is 4.79 Å². The van der Waals surface area contributed by atoms with Crippen molar-refractivity contribution >= 4 is 29.0 Å². The number of imide groups is 1. The number of thioether (sulfide) groups is 1. The van der Waals surface area contributed by atoms with Crippen LogP contribution in [0.4, 0.5) is 4.79 Å². The lowest BCUT2D eigenvalue weighted by molar-refractivity contribution is -0.122. The van der Waals surface area contributed by atoms with Gasteiger partial charge in [-0.3, -0.25) is 14.5 Å². The van der Waals surface area contributed by atoms with Crippen molar-refractivity contribution in [1.82, 2.24) is 4.90 Å². The third-order valence-corrected chi connectivity index (χ3v) is 3.52. The van der Waals surface area contributed by atoms with Crippen molar-refractivity contribution in [1.29, 1.82) is 0 Å². The number of rotatable bonds is 3. The summed E-state index contributed by atoms with van der Waals surface area (Å²) < 4.78 is 5.21. The van der Waals surface area contributed by atoms with Crippen LogP contribution in [0.15, 0.2) is 29.2 Å². The molecule has 0 N–H and O–H groups in total. The zero-order valence-corrected chi connectivity index (χ0v) is 11.0. The van der Waals surface area contributed by atoms with Crippen molar-refractivity contribution in [3.8, 4) is 5.75 Å². The van der Waals surface area contributed by atoms with Crippen molar-refractivity contribution in [2.45, 2.75) is 6.92 Å². The molecule has 1 aliphatic heterocycles. The summed E-state index contributed by atoms with van der Waals surface area (Å²) >= 11 is 0.963. The number of likely N-dealkylation sites (N-methyl/N-ethyl adjacent to an activating group) is 1. The maximum Gasteiger partial charge on any atom is 0.293 e. The summed E-state index contributed by atoms with van der Waals surface area (Å²) in [5.41, 5.74) is 0.793. The van der Waals surface area contributed by atoms with E-state index in [0.29, 0.717) is 17.2 Å². The monoisotopic (exact) mass is 263 g/mol. The SMILES string of the molecule is CCN1C(=O)S/C(=C\c2ccccc2OC)C1=O. The average molecular weight is 263 g/mol. The van der Waals surface area contributed by atoms with E-state index in [9.17, 15) is 9.59 Å². The fourth-order valence-corrected chi connectivity index (χ4v) is 2.59. The van der Waals surface area contributed by atoms with Crippen molar-refractivity contribution in [3.63, 3.8) is 0 Å². The van der Waals surface area contributed by atoms with Gasteiger partial charge in [0, 0.05) is 12.1 Å². The van der Waals surface area contributed by atoms with Crippen molar-refractivity contribution in [2.75, 3.05) is 13.7 Å². The molecule has 1 aromatic carbocycles. The second-order valence-corrected chi connectivity index (χ2v) is 4.66. The molecule has 18 heavy (non-hydrogen) atoms. The van der Waals surface area contributed by atoms with E-state index in [1.807, 2.05) is 24.3 Å². The maximum absolute atomic E-state index is 11.9. The topological polar surface area (TPSA) is 46.6 Å². The van der Waals surface area contributed by atoms with Gasteiger partial charge in [-0.25, -0.2) is 0 Å². The average Bonchev–Trinajstić information content (AvgIpc) is 2.65. The quantitative estimate of drug-likeness (QED) is 0.787. The van der Waals surface area contributed by atoms with Gasteiger partial charge in [0.05, 0.1) is 12.0 Å². The number of hydrogen-bond acceptors (Lipinski definition) is 4. The van der Waals surface area contributed by atoms with Gasteiger partial charge in [-0.15, -0.1) is 0 Å². The van der Waals surface area contributed by atoms with Gasteiger partial charge in [0.15, 0.2) is 0 Å². The minimum absolute atomic E-state index is 0.219. The van der Waals surface area contributed by atoms with E-state index >= 15 is 0 Å². The van der Waals surface area contributed by atoms with Gasteiger partial charge < -0.3 is 4.74 Å². The van der Waals surface area contributed by atoms with Gasteiger partial charge in [0.25, 0.3) is 11.1 Å². The first-order chi connectivity index (χ1) is 8.67. The minimum atomic E-state index is -0.238. The molecule has 0 bridgehead atoms. The molecule has 0 radical (unpaired) electrons. The number of carbonyl (C=O) groups excluding carboxylic acids is 2. The molecule has 4 nitrogen and oxygen atoms in total. The lowest BCUT2D eigenvalue weighted by Crippen LogP contribution is -2.27. The molecule has 2 amide bonds. The van der Waals surface area contributed by atoms with Gasteiger partial charge >= 0.3 is 0 Å². The Morgan fingerprint density at radius 3 is 2.67 bits per heavy atom. The van der Waals surface area contributed by atoms with Crippen LogP contribution in [0.5, 0.6) is 5.75 Å². The van der Waals surface area contributed by atoms with Crippen LogP contribution in [0, 0.1) is 0 Å². The highest BCUT2D eigenvalue weighted by Crippen LogP contribution is 2.33. The van der Waals surface area contributed by atoms with Gasteiger partial charge in [-0.05, 0) is 30.8 Å².